The van der Waals surface area contributed by atoms with Crippen molar-refractivity contribution in [3.63, 3.8) is 0 Å². The molecule has 2 aromatic rings. The zero-order chi connectivity index (χ0) is 20.8. The molecule has 2 heterocycles. The summed E-state index contributed by atoms with van der Waals surface area (Å²) in [5.74, 6) is 2.55. The summed E-state index contributed by atoms with van der Waals surface area (Å²) in [6.07, 6.45) is 2.11. The van der Waals surface area contributed by atoms with Gasteiger partial charge in [-0.3, -0.25) is 9.59 Å². The van der Waals surface area contributed by atoms with Gasteiger partial charge in [-0.1, -0.05) is 19.4 Å². The fraction of sp³-hybridized carbons (Fsp3) is 0.455. The Hall–Kier alpha value is -2.96. The maximum absolute atomic E-state index is 12.9. The van der Waals surface area contributed by atoms with E-state index in [1.165, 1.54) is 0 Å². The van der Waals surface area contributed by atoms with Gasteiger partial charge in [0.15, 0.2) is 11.5 Å². The smallest absolute Gasteiger partial charge is 0.257 e. The summed E-state index contributed by atoms with van der Waals surface area (Å²) in [7, 11) is 0. The number of carbonyl (C=O) groups excluding carboxylic acids is 2. The minimum absolute atomic E-state index is 0.0867. The van der Waals surface area contributed by atoms with Gasteiger partial charge in [0, 0.05) is 26.1 Å². The molecule has 1 N–H and O–H groups in total. The van der Waals surface area contributed by atoms with Crippen molar-refractivity contribution in [1.82, 2.24) is 10.2 Å². The van der Waals surface area contributed by atoms with E-state index in [-0.39, 0.29) is 25.0 Å². The number of nitrogens with one attached hydrogen (secondary N) is 1. The molecule has 0 atom stereocenters. The summed E-state index contributed by atoms with van der Waals surface area (Å²) in [4.78, 5) is 27.0. The second-order valence-corrected chi connectivity index (χ2v) is 7.19. The third kappa shape index (κ3) is 5.31. The second kappa shape index (κ2) is 9.49. The normalized spacial score (nSPS) is 12.1. The second-order valence-electron chi connectivity index (χ2n) is 7.19. The van der Waals surface area contributed by atoms with Crippen LogP contribution in [0.3, 0.4) is 0 Å². The number of rotatable bonds is 9. The van der Waals surface area contributed by atoms with Crippen LogP contribution in [0.5, 0.6) is 11.5 Å². The predicted molar refractivity (Wildman–Crippen MR) is 108 cm³/mol. The molecule has 1 aliphatic heterocycles. The zero-order valence-corrected chi connectivity index (χ0v) is 17.2. The molecule has 0 unspecified atom stereocenters. The van der Waals surface area contributed by atoms with Gasteiger partial charge in [0.05, 0.1) is 5.56 Å². The molecule has 1 aromatic carbocycles. The first-order valence-electron chi connectivity index (χ1n) is 9.99. The lowest BCUT2D eigenvalue weighted by Gasteiger charge is -2.22. The van der Waals surface area contributed by atoms with Crippen molar-refractivity contribution in [1.29, 1.82) is 0 Å². The summed E-state index contributed by atoms with van der Waals surface area (Å²) in [5, 5.41) is 2.90. The summed E-state index contributed by atoms with van der Waals surface area (Å²) in [5.41, 5.74) is 1.50. The van der Waals surface area contributed by atoms with E-state index in [2.05, 4.69) is 12.2 Å². The fourth-order valence-corrected chi connectivity index (χ4v) is 3.25. The maximum atomic E-state index is 12.9. The van der Waals surface area contributed by atoms with E-state index < -0.39 is 0 Å². The van der Waals surface area contributed by atoms with Gasteiger partial charge in [-0.15, -0.1) is 0 Å². The average molecular weight is 400 g/mol. The quantitative estimate of drug-likeness (QED) is 0.696. The monoisotopic (exact) mass is 400 g/mol. The largest absolute Gasteiger partial charge is 0.466 e. The van der Waals surface area contributed by atoms with Crippen LogP contribution in [0.15, 0.2) is 28.7 Å². The zero-order valence-electron chi connectivity index (χ0n) is 17.2. The molecule has 29 heavy (non-hydrogen) atoms. The summed E-state index contributed by atoms with van der Waals surface area (Å²) in [6.45, 7) is 7.30. The van der Waals surface area contributed by atoms with Gasteiger partial charge >= 0.3 is 0 Å². The lowest BCUT2D eigenvalue weighted by molar-refractivity contribution is -0.121. The van der Waals surface area contributed by atoms with Gasteiger partial charge in [0.25, 0.3) is 5.91 Å². The number of amides is 2. The van der Waals surface area contributed by atoms with Crippen LogP contribution in [0.4, 0.5) is 0 Å². The van der Waals surface area contributed by atoms with Crippen molar-refractivity contribution in [3.05, 3.63) is 46.9 Å². The Kier molecular flexibility index (Phi) is 6.80. The number of furan rings is 1. The Bertz CT molecular complexity index is 874. The Labute approximate surface area is 171 Å². The highest BCUT2D eigenvalue weighted by Gasteiger charge is 2.21. The average Bonchev–Trinajstić information content (AvgIpc) is 3.31. The van der Waals surface area contributed by atoms with Gasteiger partial charge in [-0.2, -0.15) is 0 Å². The summed E-state index contributed by atoms with van der Waals surface area (Å²) in [6, 6.07) is 7.36. The molecule has 0 radical (unpaired) electrons. The summed E-state index contributed by atoms with van der Waals surface area (Å²) >= 11 is 0. The highest BCUT2D eigenvalue weighted by Crippen LogP contribution is 2.32. The Morgan fingerprint density at radius 1 is 1.10 bits per heavy atom. The molecule has 1 aromatic heterocycles. The molecular weight excluding hydrogens is 372 g/mol. The molecule has 0 saturated carbocycles. The van der Waals surface area contributed by atoms with Crippen molar-refractivity contribution in [2.24, 2.45) is 0 Å². The van der Waals surface area contributed by atoms with Crippen molar-refractivity contribution >= 4 is 11.8 Å². The minimum Gasteiger partial charge on any atom is -0.466 e. The number of fused-ring (bicyclic) bond motifs is 1. The van der Waals surface area contributed by atoms with Gasteiger partial charge < -0.3 is 24.1 Å². The number of carbonyl (C=O) groups is 2. The lowest BCUT2D eigenvalue weighted by Crippen LogP contribution is -2.36. The number of benzene rings is 1. The van der Waals surface area contributed by atoms with Gasteiger partial charge in [-0.05, 0) is 44.0 Å². The van der Waals surface area contributed by atoms with Gasteiger partial charge in [0.1, 0.15) is 11.5 Å². The number of ether oxygens (including phenoxy) is 2. The summed E-state index contributed by atoms with van der Waals surface area (Å²) < 4.78 is 16.1. The van der Waals surface area contributed by atoms with E-state index >= 15 is 0 Å². The molecule has 0 saturated heterocycles. The van der Waals surface area contributed by atoms with E-state index in [1.54, 1.807) is 17.9 Å². The van der Waals surface area contributed by atoms with E-state index in [0.29, 0.717) is 42.5 Å². The maximum Gasteiger partial charge on any atom is 0.257 e. The molecule has 7 heteroatoms. The molecule has 2 amide bonds. The highest BCUT2D eigenvalue weighted by molar-refractivity contribution is 5.95. The first-order valence-corrected chi connectivity index (χ1v) is 9.99. The van der Waals surface area contributed by atoms with Gasteiger partial charge in [-0.25, -0.2) is 0 Å². The first kappa shape index (κ1) is 20.8. The molecule has 156 valence electrons. The van der Waals surface area contributed by atoms with Crippen LogP contribution in [0.1, 0.15) is 53.6 Å². The third-order valence-corrected chi connectivity index (χ3v) is 4.88. The van der Waals surface area contributed by atoms with Crippen LogP contribution in [0.2, 0.25) is 0 Å². The molecule has 1 aliphatic rings. The first-order chi connectivity index (χ1) is 14.0. The van der Waals surface area contributed by atoms with Crippen LogP contribution in [0, 0.1) is 13.8 Å². The SMILES string of the molecule is CCCCN(CCC(=O)NCc1ccc2c(c1)OCO2)C(=O)c1cc(C)oc1C. The highest BCUT2D eigenvalue weighted by atomic mass is 16.7. The van der Waals surface area contributed by atoms with E-state index in [4.69, 9.17) is 13.9 Å². The number of nitrogens with zero attached hydrogens (tertiary/aromatic N) is 1. The molecular formula is C22H28N2O5. The Balaban J connectivity index is 1.53. The molecule has 0 aliphatic carbocycles. The van der Waals surface area contributed by atoms with Crippen LogP contribution in [-0.2, 0) is 11.3 Å². The van der Waals surface area contributed by atoms with Crippen LogP contribution in [-0.4, -0.2) is 36.6 Å². The fourth-order valence-electron chi connectivity index (χ4n) is 3.25. The molecule has 3 rings (SSSR count). The standard InChI is InChI=1S/C22H28N2O5/c1-4-5-9-24(22(26)18-11-15(2)29-16(18)3)10-8-21(25)23-13-17-6-7-19-20(12-17)28-14-27-19/h6-7,11-12H,4-5,8-10,13-14H2,1-3H3,(H,23,25). The third-order valence-electron chi connectivity index (χ3n) is 4.88. The van der Waals surface area contributed by atoms with Crippen molar-refractivity contribution in [2.45, 2.75) is 46.6 Å². The number of hydrogen-bond acceptors (Lipinski definition) is 5. The van der Waals surface area contributed by atoms with Crippen LogP contribution >= 0.6 is 0 Å². The van der Waals surface area contributed by atoms with Crippen molar-refractivity contribution < 1.29 is 23.5 Å². The predicted octanol–water partition coefficient (Wildman–Crippen LogP) is 3.57. The molecule has 0 fully saturated rings. The lowest BCUT2D eigenvalue weighted by atomic mass is 10.2. The molecule has 0 spiro atoms. The Morgan fingerprint density at radius 3 is 2.62 bits per heavy atom. The number of hydrogen-bond donors (Lipinski definition) is 1. The minimum atomic E-state index is -0.0999. The van der Waals surface area contributed by atoms with E-state index in [0.717, 1.165) is 24.2 Å². The topological polar surface area (TPSA) is 81.0 Å². The molecule has 0 bridgehead atoms. The van der Waals surface area contributed by atoms with Crippen LogP contribution in [0.25, 0.3) is 0 Å². The van der Waals surface area contributed by atoms with Crippen molar-refractivity contribution in [3.8, 4) is 11.5 Å². The molecule has 7 nitrogen and oxygen atoms in total. The Morgan fingerprint density at radius 2 is 1.90 bits per heavy atom. The number of unbranched alkanes of at least 4 members (excludes halogenated alkanes) is 1. The van der Waals surface area contributed by atoms with Crippen molar-refractivity contribution in [2.75, 3.05) is 19.9 Å². The van der Waals surface area contributed by atoms with E-state index in [1.807, 2.05) is 25.1 Å². The number of aryl methyl sites for hydroxylation is 2. The van der Waals surface area contributed by atoms with Crippen LogP contribution < -0.4 is 14.8 Å². The van der Waals surface area contributed by atoms with E-state index in [9.17, 15) is 9.59 Å². The van der Waals surface area contributed by atoms with Gasteiger partial charge in [0.2, 0.25) is 12.7 Å².